The molecule has 0 bridgehead atoms. The van der Waals surface area contributed by atoms with Gasteiger partial charge in [0.2, 0.25) is 17.7 Å². The van der Waals surface area contributed by atoms with Crippen LogP contribution in [0.2, 0.25) is 0 Å². The van der Waals surface area contributed by atoms with Gasteiger partial charge in [0.15, 0.2) is 17.3 Å². The van der Waals surface area contributed by atoms with Crippen LogP contribution in [0.1, 0.15) is 84.4 Å². The van der Waals surface area contributed by atoms with Gasteiger partial charge in [-0.05, 0) is 242 Å². The molecule has 0 heterocycles. The number of amides is 3. The Morgan fingerprint density at radius 2 is 0.829 bits per heavy atom. The van der Waals surface area contributed by atoms with Gasteiger partial charge in [0.25, 0.3) is 40.1 Å². The quantitative estimate of drug-likeness (QED) is 0.0237. The van der Waals surface area contributed by atoms with Gasteiger partial charge in [-0.1, -0.05) is 128 Å². The average Bonchev–Trinajstić information content (AvgIpc) is 0.768. The van der Waals surface area contributed by atoms with Crippen LogP contribution >= 0.6 is 38.5 Å². The number of carbonyl (C=O) groups excluding carboxylic acids is 5. The molecule has 742 valence electrons. The lowest BCUT2D eigenvalue weighted by atomic mass is 10.0. The lowest BCUT2D eigenvalue weighted by Crippen LogP contribution is -2.41. The van der Waals surface area contributed by atoms with E-state index in [0.717, 1.165) is 56.3 Å². The molecule has 37 heteroatoms. The first-order valence-electron chi connectivity index (χ1n) is 43.7. The molecule has 0 saturated heterocycles. The number of aryl methyl sites for hydroxylation is 4. The number of hydrogen-bond acceptors (Lipinski definition) is 24. The number of halogens is 2. The van der Waals surface area contributed by atoms with E-state index in [2.05, 4.69) is 54.5 Å². The zero-order valence-electron chi connectivity index (χ0n) is 80.2. The number of hydrogen-bond donors (Lipinski definition) is 3. The van der Waals surface area contributed by atoms with Gasteiger partial charge < -0.3 is 68.1 Å². The molecule has 0 aliphatic rings. The lowest BCUT2D eigenvalue weighted by molar-refractivity contribution is -0.120. The summed E-state index contributed by atoms with van der Waals surface area (Å²) in [4.78, 5) is 64.3. The van der Waals surface area contributed by atoms with Crippen molar-refractivity contribution in [2.75, 3.05) is 132 Å². The van der Waals surface area contributed by atoms with Gasteiger partial charge in [-0.25, -0.2) is 38.5 Å². The van der Waals surface area contributed by atoms with Crippen LogP contribution in [0.15, 0.2) is 285 Å². The average molecular weight is 2170 g/mol. The summed E-state index contributed by atoms with van der Waals surface area (Å²) in [6, 6.07) is 71.5. The number of carbonyl (C=O) groups is 5. The molecule has 3 amide bonds. The summed E-state index contributed by atoms with van der Waals surface area (Å²) in [6.45, 7) is 9.84. The molecule has 3 N–H and O–H groups in total. The fraction of sp³-hybridized carbons (Fsp3) is 0.252. The van der Waals surface area contributed by atoms with Crippen LogP contribution in [0.5, 0.6) is 57.5 Å². The van der Waals surface area contributed by atoms with Crippen LogP contribution < -0.4 is 80.5 Å². The Morgan fingerprint density at radius 1 is 0.379 bits per heavy atom. The molecule has 31 nitrogen and oxygen atoms in total. The summed E-state index contributed by atoms with van der Waals surface area (Å²) in [6.07, 6.45) is 2.21. The number of para-hydroxylation sites is 1. The summed E-state index contributed by atoms with van der Waals surface area (Å²) in [5.41, 5.74) is 7.62. The van der Waals surface area contributed by atoms with Crippen molar-refractivity contribution < 1.29 is 110 Å². The molecule has 12 rings (SSSR count). The number of esters is 1. The number of ether oxygens (including phenoxy) is 11. The number of rotatable bonds is 41. The fourth-order valence-corrected chi connectivity index (χ4v) is 21.3. The van der Waals surface area contributed by atoms with Crippen molar-refractivity contribution in [3.63, 3.8) is 0 Å². The smallest absolute Gasteiger partial charge is 0.338 e. The van der Waals surface area contributed by atoms with E-state index < -0.39 is 83.4 Å². The molecule has 0 spiro atoms. The van der Waals surface area contributed by atoms with E-state index in [1.165, 1.54) is 154 Å². The molecular weight excluding hydrogens is 2050 g/mol. The van der Waals surface area contributed by atoms with Gasteiger partial charge in [-0.3, -0.25) is 36.4 Å². The molecule has 0 fully saturated rings. The van der Waals surface area contributed by atoms with Crippen molar-refractivity contribution in [2.24, 2.45) is 0 Å². The number of benzene rings is 12. The highest BCUT2D eigenvalue weighted by atomic mass is 127. The Bertz CT molecular complexity index is 6780. The summed E-state index contributed by atoms with van der Waals surface area (Å²) < 4.78 is 175. The van der Waals surface area contributed by atoms with Crippen molar-refractivity contribution in [3.8, 4) is 57.5 Å². The zero-order valence-corrected chi connectivity index (χ0v) is 87.3. The van der Waals surface area contributed by atoms with E-state index in [0.29, 0.717) is 85.9 Å². The minimum atomic E-state index is -4.29. The highest BCUT2D eigenvalue weighted by Gasteiger charge is 2.36. The molecule has 12 aromatic carbocycles. The summed E-state index contributed by atoms with van der Waals surface area (Å²) in [5.74, 6) is 1.16. The van der Waals surface area contributed by atoms with Gasteiger partial charge in [0.1, 0.15) is 70.5 Å². The number of nitrogens with one attached hydrogen (secondary N) is 3. The number of methoxy groups -OCH3 is 10. The fourth-order valence-electron chi connectivity index (χ4n) is 14.2. The maximum absolute atomic E-state index is 14.0. The minimum Gasteiger partial charge on any atom is -0.497 e. The molecule has 1 atom stereocenters. The Kier molecular flexibility index (Phi) is 40.8. The standard InChI is InChI=1S/C28H32N2O8S.C27H32N2O6S.C25H26INO4S.C23H23BrN2O6S/c1-6-19-10-14-23(17-26(19)37-5)39(33,34)30(24-16-22(35-3)13-15-25(24)36-4)18-27(31)29-21-11-8-20(9-12-21)28(32)38-7-2;1-6-20-12-14-24(33-3)23(16-20)29(18-27(30)28-19(2)21-10-8-7-9-11-21)36(31,32)22-13-15-25(34-4)26(17-22)35-5;1-4-19-10-13-25(31-3)24(15-19)27(32(29,30)23-8-6-5-7-9-23)17-22(28)16-20-11-12-21(26)14-18(20)2;1-30-18-10-12-20(31-2)19(14-18)25-23(27)15-26(17-7-5-4-6-8-17)33(28,29)22-13-16(24)9-11-21(22)32-3/h8-17H,6-7,18H2,1-5H3,(H,29,31);7-17,19H,6,18H2,1-5H3,(H,28,30);5-15H,4,16-17H2,1-3H3;4-14H,15H2,1-3H3,(H,25,27). The molecule has 0 radical (unpaired) electrons. The topological polar surface area (TPSA) is 372 Å². The molecule has 0 saturated carbocycles. The van der Waals surface area contributed by atoms with Crippen molar-refractivity contribution in [1.82, 2.24) is 5.32 Å². The van der Waals surface area contributed by atoms with Gasteiger partial charge >= 0.3 is 5.97 Å². The first-order chi connectivity index (χ1) is 67.0. The van der Waals surface area contributed by atoms with Crippen LogP contribution in [0.25, 0.3) is 0 Å². The van der Waals surface area contributed by atoms with Gasteiger partial charge in [-0.2, -0.15) is 0 Å². The number of nitrogens with zero attached hydrogens (tertiary/aromatic N) is 4. The van der Waals surface area contributed by atoms with Crippen LogP contribution in [-0.2, 0) is 89.7 Å². The summed E-state index contributed by atoms with van der Waals surface area (Å²) in [7, 11) is -2.12. The second kappa shape index (κ2) is 51.9. The molecule has 0 aliphatic heterocycles. The maximum Gasteiger partial charge on any atom is 0.338 e. The van der Waals surface area contributed by atoms with Gasteiger partial charge in [0.05, 0.1) is 139 Å². The van der Waals surface area contributed by atoms with E-state index in [4.69, 9.17) is 52.1 Å². The largest absolute Gasteiger partial charge is 0.497 e. The highest BCUT2D eigenvalue weighted by molar-refractivity contribution is 14.1. The zero-order chi connectivity index (χ0) is 102. The van der Waals surface area contributed by atoms with Gasteiger partial charge in [-0.15, -0.1) is 0 Å². The third-order valence-corrected chi connectivity index (χ3v) is 29.9. The second-order valence-electron chi connectivity index (χ2n) is 30.5. The number of anilines is 6. The van der Waals surface area contributed by atoms with Crippen LogP contribution in [0, 0.1) is 10.5 Å². The first-order valence-corrected chi connectivity index (χ1v) is 51.3. The molecular formula is C103H113BrIN7O24S4. The minimum absolute atomic E-state index is 0.0481. The normalized spacial score (nSPS) is 11.2. The summed E-state index contributed by atoms with van der Waals surface area (Å²) >= 11 is 5.53. The first kappa shape index (κ1) is 110. The number of ketones is 1. The van der Waals surface area contributed by atoms with Crippen molar-refractivity contribution in [2.45, 2.75) is 92.8 Å². The van der Waals surface area contributed by atoms with E-state index in [9.17, 15) is 57.6 Å². The maximum atomic E-state index is 14.0. The highest BCUT2D eigenvalue weighted by Crippen LogP contribution is 2.42. The lowest BCUT2D eigenvalue weighted by Gasteiger charge is -2.27. The van der Waals surface area contributed by atoms with E-state index in [1.54, 1.807) is 128 Å². The number of Topliss-reactive ketones (excluding diaryl/α,β-unsaturated/α-hetero) is 1. The Hall–Kier alpha value is -13.6. The Balaban J connectivity index is 0.000000209. The molecule has 1 unspecified atom stereocenters. The predicted octanol–water partition coefficient (Wildman–Crippen LogP) is 18.1. The molecule has 0 aliphatic carbocycles. The third-order valence-electron chi connectivity index (χ3n) is 21.6. The van der Waals surface area contributed by atoms with Crippen LogP contribution in [0.4, 0.5) is 34.1 Å². The molecule has 140 heavy (non-hydrogen) atoms. The SMILES string of the molecule is CCOC(=O)c1ccc(NC(=O)CN(c2cc(OC)ccc2OC)S(=O)(=O)c2ccc(CC)c(OC)c2)cc1.CCc1ccc(OC)c(N(CC(=O)Cc2ccc(I)cc2C)S(=O)(=O)c2ccccc2)c1.CCc1ccc(OC)c(N(CC(=O)NC(C)c2ccccc2)S(=O)(=O)c2ccc(OC)c(OC)c2)c1.COc1ccc(OC)c(NC(=O)CN(c2ccccc2)S(=O)(=O)c2cc(Br)ccc2OC)c1. The van der Waals surface area contributed by atoms with Crippen molar-refractivity contribution >= 4 is 142 Å². The van der Waals surface area contributed by atoms with E-state index in [-0.39, 0.29) is 79.6 Å². The van der Waals surface area contributed by atoms with E-state index >= 15 is 0 Å². The summed E-state index contributed by atoms with van der Waals surface area (Å²) in [5, 5.41) is 8.28. The third kappa shape index (κ3) is 28.6. The molecule has 0 aromatic heterocycles. The van der Waals surface area contributed by atoms with Gasteiger partial charge in [0, 0.05) is 44.4 Å². The van der Waals surface area contributed by atoms with Crippen LogP contribution in [-0.4, -0.2) is 167 Å². The monoisotopic (exact) mass is 2170 g/mol. The predicted molar refractivity (Wildman–Crippen MR) is 553 cm³/mol. The molecule has 12 aromatic rings. The Labute approximate surface area is 840 Å². The van der Waals surface area contributed by atoms with Crippen LogP contribution in [0.3, 0.4) is 0 Å². The van der Waals surface area contributed by atoms with Crippen molar-refractivity contribution in [1.29, 1.82) is 0 Å². The Morgan fingerprint density at radius 3 is 1.35 bits per heavy atom. The second-order valence-corrected chi connectivity index (χ2v) is 40.1. The van der Waals surface area contributed by atoms with Crippen molar-refractivity contribution in [3.05, 3.63) is 308 Å². The van der Waals surface area contributed by atoms with E-state index in [1.807, 2.05) is 95.3 Å². The number of sulfonamides is 4.